The van der Waals surface area contributed by atoms with Crippen LogP contribution in [0.1, 0.15) is 5.56 Å². The van der Waals surface area contributed by atoms with Crippen LogP contribution in [0.3, 0.4) is 0 Å². The fraction of sp³-hybridized carbons (Fsp3) is 0. The van der Waals surface area contributed by atoms with Crippen LogP contribution in [0.2, 0.25) is 0 Å². The molecule has 5 aromatic carbocycles. The van der Waals surface area contributed by atoms with Gasteiger partial charge in [0.05, 0.1) is 11.4 Å². The summed E-state index contributed by atoms with van der Waals surface area (Å²) in [6.45, 7) is 0. The first-order valence-corrected chi connectivity index (χ1v) is 13.6. The van der Waals surface area contributed by atoms with Gasteiger partial charge in [0.1, 0.15) is 11.6 Å². The summed E-state index contributed by atoms with van der Waals surface area (Å²) in [6.07, 6.45) is 0. The van der Waals surface area contributed by atoms with E-state index in [0.717, 1.165) is 27.8 Å². The number of nitrogens with zero attached hydrogens (tertiary/aromatic N) is 3. The van der Waals surface area contributed by atoms with Crippen molar-refractivity contribution >= 4 is 31.5 Å². The van der Waals surface area contributed by atoms with E-state index in [1.807, 2.05) is 66.7 Å². The second-order valence-corrected chi connectivity index (χ2v) is 10.3. The molecular weight excluding hydrogens is 494 g/mol. The first-order chi connectivity index (χ1) is 19.3. The molecule has 0 bridgehead atoms. The number of benzene rings is 5. The Bertz CT molecular complexity index is 2020. The first-order valence-electron chi connectivity index (χ1n) is 12.7. The number of hydrogen-bond donors (Lipinski definition) is 0. The molecule has 0 aliphatic rings. The van der Waals surface area contributed by atoms with Crippen molar-refractivity contribution in [2.45, 2.75) is 0 Å². The smallest absolute Gasteiger partial charge is 0.160 e. The van der Waals surface area contributed by atoms with Crippen LogP contribution in [-0.2, 0) is 0 Å². The molecule has 182 valence electrons. The van der Waals surface area contributed by atoms with Crippen molar-refractivity contribution in [3.63, 3.8) is 0 Å². The van der Waals surface area contributed by atoms with Gasteiger partial charge in [-0.3, -0.25) is 0 Å². The molecule has 2 aromatic heterocycles. The lowest BCUT2D eigenvalue weighted by Crippen LogP contribution is -2.02. The van der Waals surface area contributed by atoms with Crippen LogP contribution in [0, 0.1) is 11.3 Å². The van der Waals surface area contributed by atoms with Crippen molar-refractivity contribution in [2.75, 3.05) is 0 Å². The Balaban J connectivity index is 1.54. The largest absolute Gasteiger partial charge is 0.227 e. The quantitative estimate of drug-likeness (QED) is 0.235. The molecule has 0 N–H and O–H groups in total. The van der Waals surface area contributed by atoms with Gasteiger partial charge in [0.2, 0.25) is 0 Å². The fourth-order valence-corrected chi connectivity index (χ4v) is 6.40. The monoisotopic (exact) mass is 515 g/mol. The van der Waals surface area contributed by atoms with Gasteiger partial charge in [0.25, 0.3) is 0 Å². The Morgan fingerprint density at radius 1 is 0.513 bits per heavy atom. The first kappa shape index (κ1) is 23.0. The van der Waals surface area contributed by atoms with Gasteiger partial charge < -0.3 is 0 Å². The molecule has 0 radical (unpaired) electrons. The molecule has 39 heavy (non-hydrogen) atoms. The van der Waals surface area contributed by atoms with Crippen LogP contribution in [0.5, 0.6) is 0 Å². The van der Waals surface area contributed by atoms with E-state index in [-0.39, 0.29) is 0 Å². The van der Waals surface area contributed by atoms with E-state index in [4.69, 9.17) is 9.97 Å². The van der Waals surface area contributed by atoms with Gasteiger partial charge in [-0.15, -0.1) is 11.3 Å². The van der Waals surface area contributed by atoms with E-state index in [1.54, 1.807) is 11.3 Å². The van der Waals surface area contributed by atoms with E-state index in [9.17, 15) is 5.26 Å². The number of nitriles is 1. The Hall–Kier alpha value is -5.11. The maximum atomic E-state index is 10.5. The van der Waals surface area contributed by atoms with E-state index in [0.29, 0.717) is 22.8 Å². The zero-order valence-corrected chi connectivity index (χ0v) is 21.7. The zero-order chi connectivity index (χ0) is 26.2. The average molecular weight is 516 g/mol. The van der Waals surface area contributed by atoms with Crippen molar-refractivity contribution in [1.82, 2.24) is 9.97 Å². The molecule has 0 saturated heterocycles. The zero-order valence-electron chi connectivity index (χ0n) is 20.9. The number of rotatable bonds is 4. The molecule has 0 amide bonds. The molecule has 4 heteroatoms. The van der Waals surface area contributed by atoms with Crippen molar-refractivity contribution < 1.29 is 0 Å². The Labute approximate surface area is 230 Å². The van der Waals surface area contributed by atoms with Gasteiger partial charge in [-0.05, 0) is 11.6 Å². The van der Waals surface area contributed by atoms with Gasteiger partial charge in [0.15, 0.2) is 5.82 Å². The third-order valence-electron chi connectivity index (χ3n) is 6.98. The molecule has 2 heterocycles. The lowest BCUT2D eigenvalue weighted by atomic mass is 9.93. The summed E-state index contributed by atoms with van der Waals surface area (Å²) in [6, 6.07) is 45.5. The van der Waals surface area contributed by atoms with Crippen LogP contribution >= 0.6 is 11.3 Å². The van der Waals surface area contributed by atoms with Gasteiger partial charge in [-0.1, -0.05) is 121 Å². The van der Waals surface area contributed by atoms with Crippen molar-refractivity contribution in [3.05, 3.63) is 133 Å². The predicted octanol–water partition coefficient (Wildman–Crippen LogP) is 9.38. The highest BCUT2D eigenvalue weighted by Crippen LogP contribution is 2.43. The van der Waals surface area contributed by atoms with Crippen LogP contribution < -0.4 is 0 Å². The van der Waals surface area contributed by atoms with Crippen molar-refractivity contribution in [2.24, 2.45) is 0 Å². The van der Waals surface area contributed by atoms with Crippen LogP contribution in [0.15, 0.2) is 127 Å². The third kappa shape index (κ3) is 3.97. The highest BCUT2D eigenvalue weighted by molar-refractivity contribution is 7.26. The molecule has 7 aromatic rings. The highest BCUT2D eigenvalue weighted by atomic mass is 32.1. The topological polar surface area (TPSA) is 49.6 Å². The van der Waals surface area contributed by atoms with E-state index >= 15 is 0 Å². The summed E-state index contributed by atoms with van der Waals surface area (Å²) in [5.41, 5.74) is 6.63. The van der Waals surface area contributed by atoms with Gasteiger partial charge >= 0.3 is 0 Å². The maximum Gasteiger partial charge on any atom is 0.160 e. The molecule has 0 unspecified atom stereocenters. The molecule has 0 aliphatic heterocycles. The van der Waals surface area contributed by atoms with Crippen molar-refractivity contribution in [1.29, 1.82) is 5.26 Å². The van der Waals surface area contributed by atoms with E-state index in [1.165, 1.54) is 20.2 Å². The third-order valence-corrected chi connectivity index (χ3v) is 8.20. The van der Waals surface area contributed by atoms with Crippen LogP contribution in [0.4, 0.5) is 0 Å². The molecular formula is C35H21N3S. The molecule has 7 rings (SSSR count). The summed E-state index contributed by atoms with van der Waals surface area (Å²) < 4.78 is 2.49. The number of aromatic nitrogens is 2. The minimum Gasteiger partial charge on any atom is -0.227 e. The summed E-state index contributed by atoms with van der Waals surface area (Å²) >= 11 is 1.80. The van der Waals surface area contributed by atoms with Gasteiger partial charge in [0, 0.05) is 42.4 Å². The predicted molar refractivity (Wildman–Crippen MR) is 161 cm³/mol. The van der Waals surface area contributed by atoms with Gasteiger partial charge in [-0.25, -0.2) is 9.97 Å². The van der Waals surface area contributed by atoms with E-state index in [2.05, 4.69) is 66.7 Å². The normalized spacial score (nSPS) is 11.1. The minimum atomic E-state index is 0.469. The van der Waals surface area contributed by atoms with Crippen LogP contribution in [-0.4, -0.2) is 9.97 Å². The summed E-state index contributed by atoms with van der Waals surface area (Å²) in [4.78, 5) is 9.97. The molecule has 0 fully saturated rings. The van der Waals surface area contributed by atoms with Crippen LogP contribution in [0.25, 0.3) is 65.2 Å². The highest BCUT2D eigenvalue weighted by Gasteiger charge is 2.21. The maximum absolute atomic E-state index is 10.5. The summed E-state index contributed by atoms with van der Waals surface area (Å²) in [5, 5.41) is 13.0. The van der Waals surface area contributed by atoms with Crippen molar-refractivity contribution in [3.8, 4) is 51.1 Å². The fourth-order valence-electron chi connectivity index (χ4n) is 5.17. The van der Waals surface area contributed by atoms with Gasteiger partial charge in [-0.2, -0.15) is 5.26 Å². The molecule has 0 aliphatic carbocycles. The summed E-state index contributed by atoms with van der Waals surface area (Å²) in [7, 11) is 0. The molecule has 0 spiro atoms. The SMILES string of the molecule is N#Cc1c(-c2ccccc2)nc(-c2ccccc2)nc1-c1ccccc1-c1cccc2c1sc1ccccc12. The second kappa shape index (κ2) is 9.64. The molecule has 0 atom stereocenters. The Kier molecular flexibility index (Phi) is 5.70. The lowest BCUT2D eigenvalue weighted by Gasteiger charge is -2.15. The average Bonchev–Trinajstić information content (AvgIpc) is 3.40. The Morgan fingerprint density at radius 3 is 1.87 bits per heavy atom. The second-order valence-electron chi connectivity index (χ2n) is 9.29. The number of thiophene rings is 1. The Morgan fingerprint density at radius 2 is 1.10 bits per heavy atom. The molecule has 0 saturated carbocycles. The standard InChI is InChI=1S/C35H21N3S/c36-22-30-32(23-12-3-1-4-13-23)37-35(24-14-5-2-6-15-24)38-33(30)27-18-8-7-16-25(27)28-19-11-20-29-26-17-9-10-21-31(26)39-34(28)29/h1-21H. The molecule has 3 nitrogen and oxygen atoms in total. The number of hydrogen-bond acceptors (Lipinski definition) is 4. The summed E-state index contributed by atoms with van der Waals surface area (Å²) in [5.74, 6) is 0.596. The minimum absolute atomic E-state index is 0.469. The lowest BCUT2D eigenvalue weighted by molar-refractivity contribution is 1.17. The van der Waals surface area contributed by atoms with E-state index < -0.39 is 0 Å². The number of fused-ring (bicyclic) bond motifs is 3.